The number of aromatic nitrogens is 1. The molecule has 4 heterocycles. The van der Waals surface area contributed by atoms with Gasteiger partial charge in [0.05, 0.1) is 16.7 Å². The van der Waals surface area contributed by atoms with Gasteiger partial charge in [-0.3, -0.25) is 0 Å². The summed E-state index contributed by atoms with van der Waals surface area (Å²) in [5.41, 5.74) is 24.9. The van der Waals surface area contributed by atoms with Crippen LogP contribution in [0.4, 0.5) is 17.1 Å². The van der Waals surface area contributed by atoms with Crippen molar-refractivity contribution in [3.8, 4) is 39.1 Å². The van der Waals surface area contributed by atoms with Gasteiger partial charge in [0.1, 0.15) is 11.2 Å². The molecule has 2 aliphatic rings. The second kappa shape index (κ2) is 18.3. The summed E-state index contributed by atoms with van der Waals surface area (Å²) in [6, 6.07) is 76.1. The van der Waals surface area contributed by atoms with E-state index in [-0.39, 0.29) is 28.4 Å². The monoisotopic (exact) mass is 1070 g/mol. The molecule has 81 heavy (non-hydrogen) atoms. The third-order valence-corrected chi connectivity index (χ3v) is 18.6. The van der Waals surface area contributed by atoms with Crippen molar-refractivity contribution in [1.82, 2.24) is 4.57 Å². The first-order valence-electron chi connectivity index (χ1n) is 28.9. The quantitative estimate of drug-likeness (QED) is 0.160. The predicted molar refractivity (Wildman–Crippen MR) is 349 cm³/mol. The zero-order chi connectivity index (χ0) is 56.1. The predicted octanol–water partition coefficient (Wildman–Crippen LogP) is 19.6. The van der Waals surface area contributed by atoms with Gasteiger partial charge >= 0.3 is 0 Å². The minimum absolute atomic E-state index is 0.0314. The number of fused-ring (bicyclic) bond motifs is 11. The van der Waals surface area contributed by atoms with Crippen molar-refractivity contribution in [2.45, 2.75) is 115 Å². The molecule has 12 aromatic rings. The highest BCUT2D eigenvalue weighted by Crippen LogP contribution is 2.54. The number of para-hydroxylation sites is 1. The molecule has 10 aromatic carbocycles. The molecule has 14 rings (SSSR count). The third-order valence-electron chi connectivity index (χ3n) is 17.4. The lowest BCUT2D eigenvalue weighted by molar-refractivity contribution is 0.570. The van der Waals surface area contributed by atoms with E-state index in [1.54, 1.807) is 0 Å². The van der Waals surface area contributed by atoms with Gasteiger partial charge in [0, 0.05) is 59.5 Å². The van der Waals surface area contributed by atoms with E-state index in [0.717, 1.165) is 22.2 Å². The fourth-order valence-corrected chi connectivity index (χ4v) is 14.4. The van der Waals surface area contributed by atoms with Gasteiger partial charge in [0.25, 0.3) is 0 Å². The van der Waals surface area contributed by atoms with E-state index in [4.69, 9.17) is 4.42 Å². The minimum atomic E-state index is -0.273. The van der Waals surface area contributed by atoms with E-state index in [0.29, 0.717) is 0 Å². The van der Waals surface area contributed by atoms with E-state index in [9.17, 15) is 0 Å². The number of benzene rings is 10. The van der Waals surface area contributed by atoms with E-state index < -0.39 is 0 Å². The zero-order valence-electron chi connectivity index (χ0n) is 48.8. The molecule has 0 spiro atoms. The Kier molecular flexibility index (Phi) is 11.5. The standard InChI is InChI=1S/C76H69BN2OS/c1-73(2,3)50-32-35-62-57(40-50)58-41-51(74(4,5)6)33-36-63(58)78(62)53-44-64-69-67(45-53)81-72-60(34-37-66-68(72)54-30-22-23-31-65(54)80-66)77(69)61-43-52(75(7,8)9)42-59(76(10,11)12)71(61)79(64)70-55(47-26-18-14-19-27-47)38-49(46-24-16-13-17-25-46)39-56(70)48-28-20-15-21-29-48/h13-45H,1-12H3. The average molecular weight is 1070 g/mol. The molecule has 0 radical (unpaired) electrons. The summed E-state index contributed by atoms with van der Waals surface area (Å²) in [4.78, 5) is 5.27. The van der Waals surface area contributed by atoms with Gasteiger partial charge < -0.3 is 13.9 Å². The van der Waals surface area contributed by atoms with Crippen LogP contribution in [0.15, 0.2) is 214 Å². The van der Waals surface area contributed by atoms with Crippen LogP contribution in [0, 0.1) is 0 Å². The SMILES string of the molecule is CC(C)(C)c1cc2c(c(C(C)(C)C)c1)N(c1c(-c3ccccc3)cc(-c3ccccc3)cc1-c1ccccc1)c1cc(-n3c4ccc(C(C)(C)C)cc4c4cc(C(C)(C)C)ccc43)cc3c1B2c1ccc2oc4ccccc4c2c1S3. The van der Waals surface area contributed by atoms with Crippen LogP contribution in [0.5, 0.6) is 0 Å². The highest BCUT2D eigenvalue weighted by Gasteiger charge is 2.46. The molecule has 0 saturated carbocycles. The summed E-state index contributed by atoms with van der Waals surface area (Å²) in [5.74, 6) is 0. The number of nitrogens with zero attached hydrogens (tertiary/aromatic N) is 2. The Morgan fingerprint density at radius 2 is 0.951 bits per heavy atom. The first-order valence-corrected chi connectivity index (χ1v) is 29.8. The van der Waals surface area contributed by atoms with Crippen molar-refractivity contribution in [3.63, 3.8) is 0 Å². The Bertz CT molecular complexity index is 4390. The average Bonchev–Trinajstić information content (AvgIpc) is 4.12. The largest absolute Gasteiger partial charge is 0.456 e. The van der Waals surface area contributed by atoms with E-state index in [1.165, 1.54) is 126 Å². The summed E-state index contributed by atoms with van der Waals surface area (Å²) in [7, 11) is 0. The van der Waals surface area contributed by atoms with Crippen LogP contribution in [0.1, 0.15) is 105 Å². The van der Waals surface area contributed by atoms with E-state index in [2.05, 4.69) is 293 Å². The molecule has 2 aromatic heterocycles. The van der Waals surface area contributed by atoms with Crippen LogP contribution in [0.2, 0.25) is 0 Å². The second-order valence-electron chi connectivity index (χ2n) is 27.0. The number of hydrogen-bond donors (Lipinski definition) is 0. The molecule has 0 N–H and O–H groups in total. The molecule has 0 aliphatic carbocycles. The molecule has 5 heteroatoms. The Hall–Kier alpha value is -7.99. The fraction of sp³-hybridized carbons (Fsp3) is 0.211. The summed E-state index contributed by atoms with van der Waals surface area (Å²) in [6.45, 7) is 28.3. The van der Waals surface area contributed by atoms with Crippen LogP contribution in [0.3, 0.4) is 0 Å². The lowest BCUT2D eigenvalue weighted by Gasteiger charge is -2.45. The smallest absolute Gasteiger partial charge is 0.249 e. The van der Waals surface area contributed by atoms with Crippen molar-refractivity contribution in [3.05, 3.63) is 222 Å². The number of rotatable bonds is 5. The Labute approximate surface area is 482 Å². The van der Waals surface area contributed by atoms with Crippen LogP contribution in [-0.2, 0) is 21.7 Å². The first-order chi connectivity index (χ1) is 38.7. The van der Waals surface area contributed by atoms with Crippen molar-refractivity contribution >= 4 is 95.7 Å². The van der Waals surface area contributed by atoms with Gasteiger partial charge in [0.2, 0.25) is 6.71 Å². The van der Waals surface area contributed by atoms with Crippen LogP contribution >= 0.6 is 11.8 Å². The lowest BCUT2D eigenvalue weighted by atomic mass is 9.34. The maximum atomic E-state index is 6.76. The van der Waals surface area contributed by atoms with Crippen LogP contribution in [-0.4, -0.2) is 11.3 Å². The third kappa shape index (κ3) is 8.32. The van der Waals surface area contributed by atoms with Crippen molar-refractivity contribution in [1.29, 1.82) is 0 Å². The molecule has 0 saturated heterocycles. The zero-order valence-corrected chi connectivity index (χ0v) is 49.7. The highest BCUT2D eigenvalue weighted by atomic mass is 32.2. The molecule has 0 atom stereocenters. The molecule has 3 nitrogen and oxygen atoms in total. The van der Waals surface area contributed by atoms with Gasteiger partial charge in [0.15, 0.2) is 0 Å². The molecule has 0 bridgehead atoms. The number of furan rings is 1. The molecule has 398 valence electrons. The van der Waals surface area contributed by atoms with Gasteiger partial charge in [-0.15, -0.1) is 0 Å². The summed E-state index contributed by atoms with van der Waals surface area (Å²) >= 11 is 1.92. The maximum absolute atomic E-state index is 6.76. The van der Waals surface area contributed by atoms with Gasteiger partial charge in [-0.05, 0) is 138 Å². The number of anilines is 3. The topological polar surface area (TPSA) is 21.3 Å². The molecule has 2 aliphatic heterocycles. The molecule has 0 amide bonds. The summed E-state index contributed by atoms with van der Waals surface area (Å²) in [5, 5.41) is 4.89. The van der Waals surface area contributed by atoms with Crippen molar-refractivity contribution in [2.75, 3.05) is 4.90 Å². The molecule has 0 fully saturated rings. The summed E-state index contributed by atoms with van der Waals surface area (Å²) in [6.07, 6.45) is 0. The van der Waals surface area contributed by atoms with E-state index in [1.807, 2.05) is 11.8 Å². The maximum Gasteiger partial charge on any atom is 0.249 e. The van der Waals surface area contributed by atoms with Gasteiger partial charge in [-0.1, -0.05) is 240 Å². The van der Waals surface area contributed by atoms with Crippen molar-refractivity contribution < 1.29 is 4.42 Å². The Morgan fingerprint density at radius 3 is 1.51 bits per heavy atom. The fourth-order valence-electron chi connectivity index (χ4n) is 13.1. The van der Waals surface area contributed by atoms with Gasteiger partial charge in [-0.25, -0.2) is 0 Å². The van der Waals surface area contributed by atoms with Crippen LogP contribution < -0.4 is 21.3 Å². The minimum Gasteiger partial charge on any atom is -0.456 e. The lowest BCUT2D eigenvalue weighted by Crippen LogP contribution is -2.60. The molecular formula is C76H69BN2OS. The Morgan fingerprint density at radius 1 is 0.407 bits per heavy atom. The molecular weight excluding hydrogens is 1000 g/mol. The normalized spacial score (nSPS) is 13.6. The second-order valence-corrected chi connectivity index (χ2v) is 28.0. The van der Waals surface area contributed by atoms with E-state index >= 15 is 0 Å². The van der Waals surface area contributed by atoms with Crippen molar-refractivity contribution in [2.24, 2.45) is 0 Å². The Balaban J connectivity index is 1.19. The summed E-state index contributed by atoms with van der Waals surface area (Å²) < 4.78 is 9.34. The molecule has 0 unspecified atom stereocenters. The first kappa shape index (κ1) is 51.2. The number of hydrogen-bond acceptors (Lipinski definition) is 3. The van der Waals surface area contributed by atoms with Crippen LogP contribution in [0.25, 0.3) is 82.8 Å². The highest BCUT2D eigenvalue weighted by molar-refractivity contribution is 8.00. The van der Waals surface area contributed by atoms with Gasteiger partial charge in [-0.2, -0.15) is 0 Å².